The van der Waals surface area contributed by atoms with E-state index in [2.05, 4.69) is 28.7 Å². The van der Waals surface area contributed by atoms with Crippen molar-refractivity contribution in [3.8, 4) is 23.5 Å². The van der Waals surface area contributed by atoms with E-state index in [1.807, 2.05) is 50.2 Å². The second-order valence-electron chi connectivity index (χ2n) is 8.36. The van der Waals surface area contributed by atoms with E-state index in [0.717, 1.165) is 22.3 Å². The van der Waals surface area contributed by atoms with Gasteiger partial charge >= 0.3 is 12.1 Å². The number of rotatable bonds is 9. The number of hydrogen-bond donors (Lipinski definition) is 3. The lowest BCUT2D eigenvalue weighted by Gasteiger charge is -2.23. The smallest absolute Gasteiger partial charge is 0.407 e. The average Bonchev–Trinajstić information content (AvgIpc) is 3.11. The van der Waals surface area contributed by atoms with Crippen LogP contribution in [0, 0.1) is 24.2 Å². The molecule has 2 amide bonds. The Morgan fingerprint density at radius 2 is 1.64 bits per heavy atom. The zero-order valence-corrected chi connectivity index (χ0v) is 18.7. The maximum Gasteiger partial charge on any atom is 0.407 e. The quantitative estimate of drug-likeness (QED) is 0.510. The number of fused-ring (bicyclic) bond motifs is 3. The number of carbonyl (C=O) groups is 3. The molecule has 33 heavy (non-hydrogen) atoms. The number of aliphatic carboxylic acids is 1. The third-order valence-electron chi connectivity index (χ3n) is 5.89. The van der Waals surface area contributed by atoms with Crippen LogP contribution in [0.15, 0.2) is 48.5 Å². The summed E-state index contributed by atoms with van der Waals surface area (Å²) in [5, 5.41) is 14.3. The predicted octanol–water partition coefficient (Wildman–Crippen LogP) is 3.39. The van der Waals surface area contributed by atoms with Crippen molar-refractivity contribution in [1.29, 1.82) is 0 Å². The number of benzene rings is 2. The van der Waals surface area contributed by atoms with Crippen LogP contribution in [0.5, 0.6) is 0 Å². The van der Waals surface area contributed by atoms with Gasteiger partial charge in [0.15, 0.2) is 0 Å². The first-order valence-electron chi connectivity index (χ1n) is 10.9. The SMILES string of the molecule is C#CCC(NC(=O)C(CNC(=O)OCC1c2ccccc2-c2ccccc21)C(C)C)C(=O)O. The average molecular weight is 449 g/mol. The van der Waals surface area contributed by atoms with E-state index < -0.39 is 29.9 Å². The molecule has 0 heterocycles. The van der Waals surface area contributed by atoms with Gasteiger partial charge in [-0.05, 0) is 28.2 Å². The highest BCUT2D eigenvalue weighted by atomic mass is 16.5. The molecule has 3 rings (SSSR count). The van der Waals surface area contributed by atoms with Crippen LogP contribution in [0.2, 0.25) is 0 Å². The summed E-state index contributed by atoms with van der Waals surface area (Å²) in [6.45, 7) is 3.82. The van der Waals surface area contributed by atoms with E-state index in [0.29, 0.717) is 0 Å². The van der Waals surface area contributed by atoms with E-state index in [9.17, 15) is 19.5 Å². The van der Waals surface area contributed by atoms with Crippen molar-refractivity contribution in [2.24, 2.45) is 11.8 Å². The molecule has 1 aliphatic carbocycles. The maximum absolute atomic E-state index is 12.6. The number of nitrogens with one attached hydrogen (secondary N) is 2. The first kappa shape index (κ1) is 23.9. The van der Waals surface area contributed by atoms with Gasteiger partial charge in [0.2, 0.25) is 5.91 Å². The van der Waals surface area contributed by atoms with Crippen LogP contribution < -0.4 is 10.6 Å². The number of carboxylic acids is 1. The van der Waals surface area contributed by atoms with Crippen molar-refractivity contribution in [1.82, 2.24) is 10.6 Å². The van der Waals surface area contributed by atoms with Crippen LogP contribution in [0.3, 0.4) is 0 Å². The van der Waals surface area contributed by atoms with Crippen LogP contribution in [0.25, 0.3) is 11.1 Å². The Kier molecular flexibility index (Phi) is 7.73. The summed E-state index contributed by atoms with van der Waals surface area (Å²) in [6, 6.07) is 14.9. The van der Waals surface area contributed by atoms with Gasteiger partial charge in [-0.3, -0.25) is 4.79 Å². The Labute approximate surface area is 193 Å². The minimum atomic E-state index is -1.20. The van der Waals surface area contributed by atoms with E-state index >= 15 is 0 Å². The van der Waals surface area contributed by atoms with E-state index in [4.69, 9.17) is 11.2 Å². The molecule has 0 saturated carbocycles. The van der Waals surface area contributed by atoms with Crippen LogP contribution in [0.4, 0.5) is 4.79 Å². The largest absolute Gasteiger partial charge is 0.480 e. The van der Waals surface area contributed by atoms with E-state index in [1.54, 1.807) is 0 Å². The molecule has 0 radical (unpaired) electrons. The molecule has 0 fully saturated rings. The molecule has 3 N–H and O–H groups in total. The zero-order chi connectivity index (χ0) is 24.0. The van der Waals surface area contributed by atoms with E-state index in [-0.39, 0.29) is 31.4 Å². The molecule has 0 spiro atoms. The molecule has 1 aliphatic rings. The summed E-state index contributed by atoms with van der Waals surface area (Å²) in [5.41, 5.74) is 4.50. The molecule has 0 saturated heterocycles. The summed E-state index contributed by atoms with van der Waals surface area (Å²) in [7, 11) is 0. The molecule has 0 aromatic heterocycles. The Bertz CT molecular complexity index is 1030. The van der Waals surface area contributed by atoms with Crippen LogP contribution in [-0.4, -0.2) is 42.3 Å². The van der Waals surface area contributed by atoms with Gasteiger partial charge in [-0.15, -0.1) is 12.3 Å². The van der Waals surface area contributed by atoms with Crippen LogP contribution >= 0.6 is 0 Å². The fourth-order valence-electron chi connectivity index (χ4n) is 4.07. The lowest BCUT2D eigenvalue weighted by atomic mass is 9.94. The molecule has 0 bridgehead atoms. The monoisotopic (exact) mass is 448 g/mol. The van der Waals surface area contributed by atoms with Crippen LogP contribution in [0.1, 0.15) is 37.3 Å². The minimum absolute atomic E-state index is 0.0164. The van der Waals surface area contributed by atoms with Crippen molar-refractivity contribution < 1.29 is 24.2 Å². The van der Waals surface area contributed by atoms with Crippen molar-refractivity contribution >= 4 is 18.0 Å². The molecule has 172 valence electrons. The number of amides is 2. The van der Waals surface area contributed by atoms with Gasteiger partial charge in [0.05, 0.1) is 5.92 Å². The van der Waals surface area contributed by atoms with Gasteiger partial charge in [0.25, 0.3) is 0 Å². The fraction of sp³-hybridized carbons (Fsp3) is 0.346. The first-order chi connectivity index (χ1) is 15.8. The number of hydrogen-bond acceptors (Lipinski definition) is 4. The van der Waals surface area contributed by atoms with Crippen molar-refractivity contribution in [3.63, 3.8) is 0 Å². The highest BCUT2D eigenvalue weighted by Gasteiger charge is 2.30. The topological polar surface area (TPSA) is 105 Å². The van der Waals surface area contributed by atoms with Crippen molar-refractivity contribution in [2.45, 2.75) is 32.2 Å². The van der Waals surface area contributed by atoms with Crippen molar-refractivity contribution in [3.05, 3.63) is 59.7 Å². The van der Waals surface area contributed by atoms with Gasteiger partial charge in [-0.2, -0.15) is 0 Å². The molecule has 0 aliphatic heterocycles. The number of terminal acetylenes is 1. The lowest BCUT2D eigenvalue weighted by molar-refractivity contribution is -0.142. The molecule has 7 nitrogen and oxygen atoms in total. The Hall–Kier alpha value is -3.79. The van der Waals surface area contributed by atoms with Gasteiger partial charge in [0.1, 0.15) is 12.6 Å². The molecule has 2 unspecified atom stereocenters. The predicted molar refractivity (Wildman–Crippen MR) is 124 cm³/mol. The van der Waals surface area contributed by atoms with E-state index in [1.165, 1.54) is 0 Å². The first-order valence-corrected chi connectivity index (χ1v) is 10.9. The second kappa shape index (κ2) is 10.7. The molecule has 2 aromatic rings. The third kappa shape index (κ3) is 5.53. The summed E-state index contributed by atoms with van der Waals surface area (Å²) < 4.78 is 5.51. The number of ether oxygens (including phenoxy) is 1. The van der Waals surface area contributed by atoms with Gasteiger partial charge in [0, 0.05) is 18.9 Å². The summed E-state index contributed by atoms with van der Waals surface area (Å²) in [4.78, 5) is 36.3. The zero-order valence-electron chi connectivity index (χ0n) is 18.7. The lowest BCUT2D eigenvalue weighted by Crippen LogP contribution is -2.47. The number of carboxylic acid groups (broad SMARTS) is 1. The second-order valence-corrected chi connectivity index (χ2v) is 8.36. The minimum Gasteiger partial charge on any atom is -0.480 e. The normalized spacial score (nSPS) is 13.9. The number of alkyl carbamates (subject to hydrolysis) is 1. The Balaban J connectivity index is 1.59. The molecule has 7 heteroatoms. The van der Waals surface area contributed by atoms with Crippen LogP contribution in [-0.2, 0) is 14.3 Å². The number of carbonyl (C=O) groups excluding carboxylic acids is 2. The standard InChI is InChI=1S/C26H28N2O5/c1-4-9-23(25(30)31)28-24(29)21(16(2)3)14-27-26(32)33-15-22-19-12-7-5-10-17(19)18-11-6-8-13-20(18)22/h1,5-8,10-13,16,21-23H,9,14-15H2,2-3H3,(H,27,32)(H,28,29)(H,30,31). The summed E-state index contributed by atoms with van der Waals surface area (Å²) in [5.74, 6) is -0.272. The summed E-state index contributed by atoms with van der Waals surface area (Å²) >= 11 is 0. The molecular weight excluding hydrogens is 420 g/mol. The Morgan fingerprint density at radius 1 is 1.06 bits per heavy atom. The van der Waals surface area contributed by atoms with Crippen molar-refractivity contribution in [2.75, 3.05) is 13.2 Å². The maximum atomic E-state index is 12.6. The Morgan fingerprint density at radius 3 is 2.15 bits per heavy atom. The van der Waals surface area contributed by atoms with Gasteiger partial charge in [-0.25, -0.2) is 9.59 Å². The van der Waals surface area contributed by atoms with Gasteiger partial charge < -0.3 is 20.5 Å². The highest BCUT2D eigenvalue weighted by Crippen LogP contribution is 2.44. The highest BCUT2D eigenvalue weighted by molar-refractivity contribution is 5.86. The summed E-state index contributed by atoms with van der Waals surface area (Å²) in [6.07, 6.45) is 4.43. The molecule has 2 aromatic carbocycles. The fourth-order valence-corrected chi connectivity index (χ4v) is 4.07. The molecular formula is C26H28N2O5. The molecule has 2 atom stereocenters. The van der Waals surface area contributed by atoms with Gasteiger partial charge in [-0.1, -0.05) is 62.4 Å². The third-order valence-corrected chi connectivity index (χ3v) is 5.89.